The first-order chi connectivity index (χ1) is 24.1. The second-order valence-electron chi connectivity index (χ2n) is 16.0. The fourth-order valence-corrected chi connectivity index (χ4v) is 8.03. The highest BCUT2D eigenvalue weighted by molar-refractivity contribution is 5.52. The van der Waals surface area contributed by atoms with Gasteiger partial charge in [0.15, 0.2) is 43.0 Å². The van der Waals surface area contributed by atoms with Crippen molar-refractivity contribution in [3.63, 3.8) is 0 Å². The van der Waals surface area contributed by atoms with E-state index in [2.05, 4.69) is 87.3 Å². The summed E-state index contributed by atoms with van der Waals surface area (Å²) in [4.78, 5) is 0. The zero-order chi connectivity index (χ0) is 36.1. The van der Waals surface area contributed by atoms with Crippen LogP contribution in [0.3, 0.4) is 0 Å². The number of hydrogen-bond donors (Lipinski definition) is 0. The van der Waals surface area contributed by atoms with Crippen LogP contribution in [0.15, 0.2) is 97.8 Å². The Morgan fingerprint density at radius 2 is 1.22 bits per heavy atom. The number of hydrogen-bond acceptors (Lipinski definition) is 0. The number of fused-ring (bicyclic) bond motifs is 6. The number of halogens is 4. The maximum atomic E-state index is 15.9. The van der Waals surface area contributed by atoms with E-state index in [0.29, 0.717) is 17.7 Å². The van der Waals surface area contributed by atoms with Gasteiger partial charge in [0.05, 0.1) is 12.4 Å². The van der Waals surface area contributed by atoms with Gasteiger partial charge in [-0.1, -0.05) is 46.2 Å². The van der Waals surface area contributed by atoms with Crippen LogP contribution in [-0.2, 0) is 17.4 Å². The van der Waals surface area contributed by atoms with Crippen molar-refractivity contribution in [3.05, 3.63) is 143 Å². The Kier molecular flexibility index (Phi) is 7.42. The normalized spacial score (nSPS) is 16.1. The van der Waals surface area contributed by atoms with Crippen LogP contribution in [0, 0.1) is 30.2 Å². The SMILES string of the molecule is Cc1cc(F)cc(F)c1-n1ccc[n+]1C(C1C[n+]2cccn2-c2c(F)cc(F)cc21)C1[n+]2ccc(C(C)(C)C)cc2-c2cc(C(C)(C)C)cc[n+]21. The van der Waals surface area contributed by atoms with Gasteiger partial charge in [0.25, 0.3) is 11.4 Å². The fourth-order valence-electron chi connectivity index (χ4n) is 8.03. The van der Waals surface area contributed by atoms with Crippen molar-refractivity contribution < 1.29 is 36.1 Å². The van der Waals surface area contributed by atoms with Gasteiger partial charge in [-0.2, -0.15) is 0 Å². The number of nitrogens with zero attached hydrogens (tertiary/aromatic N) is 6. The molecular weight excluding hydrogens is 652 g/mol. The maximum absolute atomic E-state index is 15.9. The molecule has 0 aliphatic carbocycles. The average Bonchev–Trinajstić information content (AvgIpc) is 3.78. The molecule has 4 aromatic heterocycles. The van der Waals surface area contributed by atoms with Gasteiger partial charge >= 0.3 is 12.2 Å². The number of pyridine rings is 2. The third-order valence-electron chi connectivity index (χ3n) is 10.6. The molecule has 260 valence electrons. The van der Waals surface area contributed by atoms with Gasteiger partial charge in [-0.25, -0.2) is 17.6 Å². The molecular formula is C41H42F4N6+4. The van der Waals surface area contributed by atoms with E-state index in [0.717, 1.165) is 23.5 Å². The van der Waals surface area contributed by atoms with E-state index in [4.69, 9.17) is 0 Å². The summed E-state index contributed by atoms with van der Waals surface area (Å²) >= 11 is 0. The molecule has 2 atom stereocenters. The Balaban J connectivity index is 1.45. The minimum Gasteiger partial charge on any atom is -0.207 e. The fraction of sp³-hybridized carbons (Fsp3) is 0.317. The van der Waals surface area contributed by atoms with Crippen molar-refractivity contribution in [3.8, 4) is 22.8 Å². The first-order valence-electron chi connectivity index (χ1n) is 17.3. The minimum atomic E-state index is -0.710. The van der Waals surface area contributed by atoms with Crippen LogP contribution in [0.1, 0.15) is 81.9 Å². The van der Waals surface area contributed by atoms with Crippen LogP contribution >= 0.6 is 0 Å². The zero-order valence-electron chi connectivity index (χ0n) is 29.9. The lowest BCUT2D eigenvalue weighted by atomic mass is 9.86. The van der Waals surface area contributed by atoms with Gasteiger partial charge in [0, 0.05) is 54.1 Å². The molecule has 0 radical (unpaired) electrons. The average molecular weight is 695 g/mol. The standard InChI is InChI=1S/C41H42F4N6/c1-25-18-28(42)22-32(44)36(25)50-14-9-15-51(50)38(31-24-46-12-8-13-49(46)37-30(31)21-29(43)23-33(37)45)39-47-16-10-26(40(2,3)4)19-34(47)35-20-27(41(5,6)7)11-17-48(35)39/h8-23,31,38-39H,24H2,1-7H3/q+4. The van der Waals surface area contributed by atoms with E-state index in [1.54, 1.807) is 28.7 Å². The van der Waals surface area contributed by atoms with Crippen LogP contribution in [0.25, 0.3) is 22.8 Å². The summed E-state index contributed by atoms with van der Waals surface area (Å²) in [5.41, 5.74) is 5.47. The molecule has 0 N–H and O–H groups in total. The highest BCUT2D eigenvalue weighted by atomic mass is 19.1. The van der Waals surface area contributed by atoms with E-state index in [1.807, 2.05) is 33.9 Å². The molecule has 8 rings (SSSR count). The first kappa shape index (κ1) is 33.0. The van der Waals surface area contributed by atoms with Crippen molar-refractivity contribution >= 4 is 0 Å². The van der Waals surface area contributed by atoms with Gasteiger partial charge in [0.2, 0.25) is 0 Å². The van der Waals surface area contributed by atoms with Gasteiger partial charge in [-0.3, -0.25) is 0 Å². The Labute approximate surface area is 295 Å². The molecule has 51 heavy (non-hydrogen) atoms. The predicted molar refractivity (Wildman–Crippen MR) is 182 cm³/mol. The smallest absolute Gasteiger partial charge is 0.207 e. The van der Waals surface area contributed by atoms with Crippen LogP contribution in [0.5, 0.6) is 0 Å². The number of aryl methyl sites for hydroxylation is 1. The minimum absolute atomic E-state index is 0.125. The Bertz CT molecular complexity index is 2270. The second-order valence-corrected chi connectivity index (χ2v) is 16.0. The van der Waals surface area contributed by atoms with Crippen molar-refractivity contribution in [1.82, 2.24) is 9.36 Å². The Hall–Kier alpha value is -5.12. The molecule has 2 aliphatic rings. The van der Waals surface area contributed by atoms with Crippen molar-refractivity contribution in [1.29, 1.82) is 0 Å². The molecule has 0 spiro atoms. The lowest BCUT2D eigenvalue weighted by Crippen LogP contribution is -2.66. The zero-order valence-corrected chi connectivity index (χ0v) is 29.9. The quantitative estimate of drug-likeness (QED) is 0.141. The first-order valence-corrected chi connectivity index (χ1v) is 17.3. The van der Waals surface area contributed by atoms with Gasteiger partial charge in [-0.05, 0) is 46.6 Å². The van der Waals surface area contributed by atoms with Crippen LogP contribution < -0.4 is 18.5 Å². The van der Waals surface area contributed by atoms with E-state index in [-0.39, 0.29) is 22.2 Å². The molecule has 0 saturated carbocycles. The summed E-state index contributed by atoms with van der Waals surface area (Å²) in [5, 5.41) is 0. The summed E-state index contributed by atoms with van der Waals surface area (Å²) in [6.45, 7) is 15.2. The maximum Gasteiger partial charge on any atom is 0.419 e. The monoisotopic (exact) mass is 694 g/mol. The Morgan fingerprint density at radius 3 is 1.80 bits per heavy atom. The molecule has 0 saturated heterocycles. The summed E-state index contributed by atoms with van der Waals surface area (Å²) in [5.74, 6) is -3.24. The van der Waals surface area contributed by atoms with Crippen LogP contribution in [-0.4, -0.2) is 9.36 Å². The highest BCUT2D eigenvalue weighted by Gasteiger charge is 2.61. The molecule has 6 nitrogen and oxygen atoms in total. The molecule has 0 bridgehead atoms. The van der Waals surface area contributed by atoms with E-state index in [9.17, 15) is 4.39 Å². The van der Waals surface area contributed by atoms with Crippen LogP contribution in [0.2, 0.25) is 0 Å². The molecule has 2 aromatic carbocycles. The topological polar surface area (TPSA) is 25.4 Å². The summed E-state index contributed by atoms with van der Waals surface area (Å²) < 4.78 is 73.3. The van der Waals surface area contributed by atoms with Gasteiger partial charge in [0.1, 0.15) is 28.9 Å². The summed E-state index contributed by atoms with van der Waals surface area (Å²) in [6.07, 6.45) is 11.0. The third kappa shape index (κ3) is 5.29. The van der Waals surface area contributed by atoms with E-state index < -0.39 is 41.4 Å². The number of aromatic nitrogens is 6. The summed E-state index contributed by atoms with van der Waals surface area (Å²) in [6, 6.07) is 16.3. The predicted octanol–water partition coefficient (Wildman–Crippen LogP) is 6.94. The second kappa shape index (κ2) is 11.4. The molecule has 10 heteroatoms. The molecule has 2 aliphatic heterocycles. The van der Waals surface area contributed by atoms with E-state index >= 15 is 13.2 Å². The molecule has 0 amide bonds. The molecule has 2 unspecified atom stereocenters. The lowest BCUT2D eigenvalue weighted by Gasteiger charge is -2.26. The highest BCUT2D eigenvalue weighted by Crippen LogP contribution is 2.41. The third-order valence-corrected chi connectivity index (χ3v) is 10.6. The molecule has 0 fully saturated rings. The number of benzene rings is 2. The Morgan fingerprint density at radius 1 is 0.667 bits per heavy atom. The van der Waals surface area contributed by atoms with E-state index in [1.165, 1.54) is 23.3 Å². The lowest BCUT2D eigenvalue weighted by molar-refractivity contribution is -0.973. The number of rotatable bonds is 4. The van der Waals surface area contributed by atoms with Gasteiger partial charge in [-0.15, -0.1) is 23.2 Å². The van der Waals surface area contributed by atoms with Crippen molar-refractivity contribution in [2.45, 2.75) is 84.0 Å². The largest absolute Gasteiger partial charge is 0.419 e. The van der Waals surface area contributed by atoms with Crippen LogP contribution in [0.4, 0.5) is 17.6 Å². The van der Waals surface area contributed by atoms with Crippen molar-refractivity contribution in [2.75, 3.05) is 0 Å². The molecule has 6 heterocycles. The summed E-state index contributed by atoms with van der Waals surface area (Å²) in [7, 11) is 0. The van der Waals surface area contributed by atoms with Gasteiger partial charge < -0.3 is 0 Å². The van der Waals surface area contributed by atoms with Crippen molar-refractivity contribution in [2.24, 2.45) is 0 Å². The molecule has 6 aromatic rings.